The maximum atomic E-state index is 12.2. The van der Waals surface area contributed by atoms with Crippen LogP contribution in [0.3, 0.4) is 0 Å². The standard InChI is InChI=1S/C16H14BrCl2NO/c1-10(7-11-3-2-4-13(18)8-11)20-16(21)12-5-6-15(19)14(17)9-12/h2-6,8-10H,7H2,1H3,(H,20,21). The predicted octanol–water partition coefficient (Wildman–Crippen LogP) is 5.12. The van der Waals surface area contributed by atoms with Crippen LogP contribution in [0.25, 0.3) is 0 Å². The minimum atomic E-state index is -0.123. The van der Waals surface area contributed by atoms with E-state index in [-0.39, 0.29) is 11.9 Å². The number of halogens is 3. The zero-order valence-corrected chi connectivity index (χ0v) is 14.5. The topological polar surface area (TPSA) is 29.1 Å². The van der Waals surface area contributed by atoms with E-state index < -0.39 is 0 Å². The van der Waals surface area contributed by atoms with Crippen molar-refractivity contribution in [2.24, 2.45) is 0 Å². The smallest absolute Gasteiger partial charge is 0.251 e. The van der Waals surface area contributed by atoms with Crippen molar-refractivity contribution >= 4 is 45.0 Å². The molecule has 110 valence electrons. The largest absolute Gasteiger partial charge is 0.349 e. The van der Waals surface area contributed by atoms with Crippen LogP contribution in [0, 0.1) is 0 Å². The molecule has 0 aliphatic heterocycles. The van der Waals surface area contributed by atoms with Gasteiger partial charge in [0.25, 0.3) is 5.91 Å². The van der Waals surface area contributed by atoms with E-state index in [4.69, 9.17) is 23.2 Å². The molecule has 2 rings (SSSR count). The van der Waals surface area contributed by atoms with Crippen LogP contribution >= 0.6 is 39.1 Å². The van der Waals surface area contributed by atoms with Crippen LogP contribution in [-0.4, -0.2) is 11.9 Å². The molecule has 0 aliphatic carbocycles. The van der Waals surface area contributed by atoms with Gasteiger partial charge in [0, 0.05) is 21.1 Å². The third kappa shape index (κ3) is 4.73. The Hall–Kier alpha value is -1.03. The van der Waals surface area contributed by atoms with E-state index in [9.17, 15) is 4.79 Å². The minimum Gasteiger partial charge on any atom is -0.349 e. The van der Waals surface area contributed by atoms with Crippen molar-refractivity contribution in [3.05, 3.63) is 68.1 Å². The number of hydrogen-bond donors (Lipinski definition) is 1. The lowest BCUT2D eigenvalue weighted by molar-refractivity contribution is 0.0940. The summed E-state index contributed by atoms with van der Waals surface area (Å²) in [6.07, 6.45) is 0.723. The summed E-state index contributed by atoms with van der Waals surface area (Å²) in [4.78, 5) is 12.2. The van der Waals surface area contributed by atoms with Crippen LogP contribution in [0.2, 0.25) is 10.0 Å². The molecule has 0 fully saturated rings. The molecule has 21 heavy (non-hydrogen) atoms. The van der Waals surface area contributed by atoms with Gasteiger partial charge in [-0.1, -0.05) is 35.3 Å². The number of carbonyl (C=O) groups is 1. The van der Waals surface area contributed by atoms with Crippen molar-refractivity contribution in [2.75, 3.05) is 0 Å². The molecule has 2 nitrogen and oxygen atoms in total. The second-order valence-corrected chi connectivity index (χ2v) is 6.54. The summed E-state index contributed by atoms with van der Waals surface area (Å²) in [6.45, 7) is 1.96. The molecule has 0 saturated carbocycles. The van der Waals surface area contributed by atoms with E-state index >= 15 is 0 Å². The first-order valence-corrected chi connectivity index (χ1v) is 8.01. The quantitative estimate of drug-likeness (QED) is 0.776. The van der Waals surface area contributed by atoms with Gasteiger partial charge in [-0.05, 0) is 65.2 Å². The summed E-state index contributed by atoms with van der Waals surface area (Å²) in [5, 5.41) is 4.25. The molecule has 0 heterocycles. The average Bonchev–Trinajstić information content (AvgIpc) is 2.41. The van der Waals surface area contributed by atoms with E-state index in [1.165, 1.54) is 0 Å². The fourth-order valence-electron chi connectivity index (χ4n) is 2.01. The highest BCUT2D eigenvalue weighted by molar-refractivity contribution is 9.10. The average molecular weight is 387 g/mol. The Morgan fingerprint density at radius 3 is 2.67 bits per heavy atom. The summed E-state index contributed by atoms with van der Waals surface area (Å²) in [5.74, 6) is -0.123. The number of amides is 1. The highest BCUT2D eigenvalue weighted by Crippen LogP contribution is 2.23. The van der Waals surface area contributed by atoms with Gasteiger partial charge >= 0.3 is 0 Å². The maximum absolute atomic E-state index is 12.2. The van der Waals surface area contributed by atoms with Gasteiger partial charge in [-0.25, -0.2) is 0 Å². The van der Waals surface area contributed by atoms with E-state index in [2.05, 4.69) is 21.2 Å². The fourth-order valence-corrected chi connectivity index (χ4v) is 2.72. The third-order valence-electron chi connectivity index (χ3n) is 2.99. The van der Waals surface area contributed by atoms with E-state index in [0.29, 0.717) is 20.1 Å². The number of benzene rings is 2. The maximum Gasteiger partial charge on any atom is 0.251 e. The molecule has 0 aromatic heterocycles. The third-order valence-corrected chi connectivity index (χ3v) is 4.44. The summed E-state index contributed by atoms with van der Waals surface area (Å²) < 4.78 is 0.708. The van der Waals surface area contributed by atoms with Crippen LogP contribution in [0.15, 0.2) is 46.9 Å². The van der Waals surface area contributed by atoms with Crippen LogP contribution in [0.5, 0.6) is 0 Å². The lowest BCUT2D eigenvalue weighted by atomic mass is 10.1. The molecule has 5 heteroatoms. The molecule has 2 aromatic rings. The second kappa shape index (κ2) is 7.30. The zero-order chi connectivity index (χ0) is 15.4. The van der Waals surface area contributed by atoms with Crippen molar-refractivity contribution in [1.82, 2.24) is 5.32 Å². The normalized spacial score (nSPS) is 12.0. The first-order chi connectivity index (χ1) is 9.95. The molecular weight excluding hydrogens is 373 g/mol. The first-order valence-electron chi connectivity index (χ1n) is 6.46. The van der Waals surface area contributed by atoms with Crippen molar-refractivity contribution in [3.8, 4) is 0 Å². The van der Waals surface area contributed by atoms with Gasteiger partial charge in [0.05, 0.1) is 5.02 Å². The Morgan fingerprint density at radius 2 is 2.00 bits per heavy atom. The molecule has 1 unspecified atom stereocenters. The van der Waals surface area contributed by atoms with E-state index in [1.807, 2.05) is 31.2 Å². The second-order valence-electron chi connectivity index (χ2n) is 4.84. The molecule has 0 radical (unpaired) electrons. The van der Waals surface area contributed by atoms with Crippen LogP contribution in [0.4, 0.5) is 0 Å². The van der Waals surface area contributed by atoms with Crippen LogP contribution < -0.4 is 5.32 Å². The summed E-state index contributed by atoms with van der Waals surface area (Å²) in [7, 11) is 0. The van der Waals surface area contributed by atoms with Crippen molar-refractivity contribution in [3.63, 3.8) is 0 Å². The number of nitrogens with one attached hydrogen (secondary N) is 1. The van der Waals surface area contributed by atoms with Gasteiger partial charge in [-0.2, -0.15) is 0 Å². The lowest BCUT2D eigenvalue weighted by Crippen LogP contribution is -2.34. The summed E-state index contributed by atoms with van der Waals surface area (Å²) >= 11 is 15.2. The molecular formula is C16H14BrCl2NO. The predicted molar refractivity (Wildman–Crippen MR) is 91.2 cm³/mol. The molecule has 0 bridgehead atoms. The Labute approximate surface area is 142 Å². The molecule has 1 amide bonds. The van der Waals surface area contributed by atoms with Gasteiger partial charge in [-0.3, -0.25) is 4.79 Å². The van der Waals surface area contributed by atoms with Gasteiger partial charge in [0.2, 0.25) is 0 Å². The summed E-state index contributed by atoms with van der Waals surface area (Å²) in [5.41, 5.74) is 1.66. The van der Waals surface area contributed by atoms with Gasteiger partial charge in [0.15, 0.2) is 0 Å². The Kier molecular flexibility index (Phi) is 5.68. The molecule has 1 atom stereocenters. The Bertz CT molecular complexity index is 660. The molecule has 2 aromatic carbocycles. The number of carbonyl (C=O) groups excluding carboxylic acids is 1. The van der Waals surface area contributed by atoms with Gasteiger partial charge in [-0.15, -0.1) is 0 Å². The zero-order valence-electron chi connectivity index (χ0n) is 11.4. The van der Waals surface area contributed by atoms with Gasteiger partial charge < -0.3 is 5.32 Å². The lowest BCUT2D eigenvalue weighted by Gasteiger charge is -2.14. The number of hydrogen-bond acceptors (Lipinski definition) is 1. The van der Waals surface area contributed by atoms with Gasteiger partial charge in [0.1, 0.15) is 0 Å². The van der Waals surface area contributed by atoms with E-state index in [1.54, 1.807) is 18.2 Å². The summed E-state index contributed by atoms with van der Waals surface area (Å²) in [6, 6.07) is 12.8. The highest BCUT2D eigenvalue weighted by atomic mass is 79.9. The first kappa shape index (κ1) is 16.3. The van der Waals surface area contributed by atoms with Crippen molar-refractivity contribution < 1.29 is 4.79 Å². The van der Waals surface area contributed by atoms with Crippen LogP contribution in [0.1, 0.15) is 22.8 Å². The fraction of sp³-hybridized carbons (Fsp3) is 0.188. The number of rotatable bonds is 4. The van der Waals surface area contributed by atoms with Crippen molar-refractivity contribution in [2.45, 2.75) is 19.4 Å². The molecule has 0 saturated heterocycles. The van der Waals surface area contributed by atoms with Crippen molar-refractivity contribution in [1.29, 1.82) is 0 Å². The molecule has 0 aliphatic rings. The van der Waals surface area contributed by atoms with Crippen LogP contribution in [-0.2, 0) is 6.42 Å². The van der Waals surface area contributed by atoms with E-state index in [0.717, 1.165) is 12.0 Å². The molecule has 1 N–H and O–H groups in total. The Morgan fingerprint density at radius 1 is 1.24 bits per heavy atom. The molecule has 0 spiro atoms. The Balaban J connectivity index is 2.00. The highest BCUT2D eigenvalue weighted by Gasteiger charge is 2.11. The monoisotopic (exact) mass is 385 g/mol. The SMILES string of the molecule is CC(Cc1cccc(Cl)c1)NC(=O)c1ccc(Cl)c(Br)c1. The minimum absolute atomic E-state index is 0.00502.